The van der Waals surface area contributed by atoms with Crippen LogP contribution in [0.4, 0.5) is 0 Å². The molecule has 144 valence electrons. The van der Waals surface area contributed by atoms with Gasteiger partial charge in [-0.3, -0.25) is 9.59 Å². The number of H-pyrrole nitrogens is 1. The summed E-state index contributed by atoms with van der Waals surface area (Å²) in [4.78, 5) is 23.5. The summed E-state index contributed by atoms with van der Waals surface area (Å²) in [6.07, 6.45) is 3.42. The lowest BCUT2D eigenvalue weighted by Crippen LogP contribution is -2.07. The molecule has 28 heavy (non-hydrogen) atoms. The number of carbonyl (C=O) groups is 2. The number of methoxy groups -OCH3 is 1. The molecule has 0 fully saturated rings. The zero-order valence-electron chi connectivity index (χ0n) is 15.2. The summed E-state index contributed by atoms with van der Waals surface area (Å²) in [7, 11) is 1.34. The summed E-state index contributed by atoms with van der Waals surface area (Å²) in [5.41, 5.74) is 2.35. The Balaban J connectivity index is 1.86. The lowest BCUT2D eigenvalue weighted by atomic mass is 10.2. The van der Waals surface area contributed by atoms with E-state index in [1.165, 1.54) is 7.11 Å². The smallest absolute Gasteiger partial charge is 0.305 e. The van der Waals surface area contributed by atoms with Crippen molar-refractivity contribution < 1.29 is 19.4 Å². The number of nitrogens with zero attached hydrogens (tertiary/aromatic N) is 4. The highest BCUT2D eigenvalue weighted by molar-refractivity contribution is 6.05. The van der Waals surface area contributed by atoms with Gasteiger partial charge in [0.05, 0.1) is 13.5 Å². The molecule has 0 saturated heterocycles. The summed E-state index contributed by atoms with van der Waals surface area (Å²) in [6, 6.07) is 11.5. The molecule has 9 nitrogen and oxygen atoms in total. The van der Waals surface area contributed by atoms with Crippen LogP contribution in [-0.2, 0) is 22.5 Å². The van der Waals surface area contributed by atoms with Gasteiger partial charge in [-0.25, -0.2) is 0 Å². The molecule has 0 saturated carbocycles. The molecule has 0 aliphatic heterocycles. The molecule has 0 aliphatic carbocycles. The number of hydrogen-bond acceptors (Lipinski definition) is 7. The number of ether oxygens (including phenoxy) is 1. The van der Waals surface area contributed by atoms with Crippen LogP contribution in [0.15, 0.2) is 48.7 Å². The number of aromatic amines is 1. The average molecular weight is 381 g/mol. The summed E-state index contributed by atoms with van der Waals surface area (Å²) in [5.74, 6) is -1.25. The molecule has 0 radical (unpaired) electrons. The number of hydrogen-bond donors (Lipinski definition) is 2. The third-order valence-electron chi connectivity index (χ3n) is 4.12. The first-order chi connectivity index (χ1) is 13.6. The highest BCUT2D eigenvalue weighted by Gasteiger charge is 2.14. The number of aryl methyl sites for hydroxylation is 1. The van der Waals surface area contributed by atoms with Crippen molar-refractivity contribution in [3.8, 4) is 0 Å². The van der Waals surface area contributed by atoms with Crippen LogP contribution in [0.25, 0.3) is 5.76 Å². The zero-order valence-corrected chi connectivity index (χ0v) is 15.2. The molecular weight excluding hydrogens is 362 g/mol. The number of carbonyl (C=O) groups excluding carboxylic acids is 2. The molecule has 2 heterocycles. The van der Waals surface area contributed by atoms with Crippen LogP contribution in [0.2, 0.25) is 0 Å². The number of rotatable bonds is 8. The van der Waals surface area contributed by atoms with E-state index in [2.05, 4.69) is 20.6 Å². The van der Waals surface area contributed by atoms with Crippen molar-refractivity contribution in [2.45, 2.75) is 19.4 Å². The number of benzene rings is 1. The van der Waals surface area contributed by atoms with Gasteiger partial charge in [0.2, 0.25) is 11.6 Å². The number of esters is 1. The first-order valence-electron chi connectivity index (χ1n) is 8.55. The van der Waals surface area contributed by atoms with Gasteiger partial charge in [-0.1, -0.05) is 30.3 Å². The summed E-state index contributed by atoms with van der Waals surface area (Å²) in [6.45, 7) is 0.559. The van der Waals surface area contributed by atoms with Gasteiger partial charge in [-0.15, -0.1) is 10.2 Å². The van der Waals surface area contributed by atoms with Gasteiger partial charge < -0.3 is 14.4 Å². The predicted octanol–water partition coefficient (Wildman–Crippen LogP) is 1.94. The number of tetrazole rings is 1. The Labute approximate surface area is 160 Å². The molecule has 0 spiro atoms. The Morgan fingerprint density at radius 1 is 1.29 bits per heavy atom. The van der Waals surface area contributed by atoms with Crippen molar-refractivity contribution in [1.82, 2.24) is 25.2 Å². The highest BCUT2D eigenvalue weighted by Crippen LogP contribution is 2.19. The molecule has 0 aliphatic rings. The van der Waals surface area contributed by atoms with Gasteiger partial charge in [-0.2, -0.15) is 5.21 Å². The quantitative estimate of drug-likeness (QED) is 0.264. The van der Waals surface area contributed by atoms with Gasteiger partial charge >= 0.3 is 5.97 Å². The maximum atomic E-state index is 12.0. The second kappa shape index (κ2) is 8.76. The molecular formula is C19H19N5O4. The second-order valence-corrected chi connectivity index (χ2v) is 6.04. The van der Waals surface area contributed by atoms with E-state index in [-0.39, 0.29) is 24.0 Å². The fraction of sp³-hybridized carbons (Fsp3) is 0.211. The molecule has 0 unspecified atom stereocenters. The Hall–Kier alpha value is -3.75. The van der Waals surface area contributed by atoms with E-state index < -0.39 is 5.78 Å². The minimum absolute atomic E-state index is 0.138. The molecule has 0 amide bonds. The van der Waals surface area contributed by atoms with E-state index in [1.807, 2.05) is 34.9 Å². The number of allylic oxidation sites excluding steroid dienone is 1. The highest BCUT2D eigenvalue weighted by atomic mass is 16.5. The first kappa shape index (κ1) is 19.0. The van der Waals surface area contributed by atoms with E-state index in [0.717, 1.165) is 17.3 Å². The minimum Gasteiger partial charge on any atom is -0.507 e. The average Bonchev–Trinajstić information content (AvgIpc) is 3.37. The molecule has 2 N–H and O–H groups in total. The number of ketones is 1. The van der Waals surface area contributed by atoms with Crippen molar-refractivity contribution in [1.29, 1.82) is 0 Å². The van der Waals surface area contributed by atoms with Crippen LogP contribution in [0, 0.1) is 0 Å². The second-order valence-electron chi connectivity index (χ2n) is 6.04. The van der Waals surface area contributed by atoms with Crippen molar-refractivity contribution in [3.05, 3.63) is 71.3 Å². The fourth-order valence-electron chi connectivity index (χ4n) is 2.70. The summed E-state index contributed by atoms with van der Waals surface area (Å²) < 4.78 is 6.63. The zero-order chi connectivity index (χ0) is 19.9. The Morgan fingerprint density at radius 2 is 2.07 bits per heavy atom. The Bertz CT molecular complexity index is 977. The molecule has 2 aromatic heterocycles. The van der Waals surface area contributed by atoms with Crippen molar-refractivity contribution >= 4 is 17.5 Å². The molecule has 0 atom stereocenters. The Morgan fingerprint density at radius 3 is 2.75 bits per heavy atom. The molecule has 0 bridgehead atoms. The number of aliphatic hydroxyl groups is 1. The van der Waals surface area contributed by atoms with Crippen LogP contribution < -0.4 is 0 Å². The lowest BCUT2D eigenvalue weighted by Gasteiger charge is -2.09. The van der Waals surface area contributed by atoms with Crippen LogP contribution in [0.5, 0.6) is 0 Å². The van der Waals surface area contributed by atoms with Gasteiger partial charge in [0.1, 0.15) is 5.76 Å². The lowest BCUT2D eigenvalue weighted by molar-refractivity contribution is -0.140. The van der Waals surface area contributed by atoms with Crippen LogP contribution in [0.3, 0.4) is 0 Å². The van der Waals surface area contributed by atoms with Crippen LogP contribution in [0.1, 0.15) is 33.9 Å². The third kappa shape index (κ3) is 4.70. The minimum atomic E-state index is -0.571. The van der Waals surface area contributed by atoms with Crippen molar-refractivity contribution in [2.75, 3.05) is 7.11 Å². The normalized spacial score (nSPS) is 11.4. The van der Waals surface area contributed by atoms with Gasteiger partial charge in [-0.05, 0) is 23.3 Å². The molecule has 3 rings (SSSR count). The largest absolute Gasteiger partial charge is 0.507 e. The van der Waals surface area contributed by atoms with Gasteiger partial charge in [0, 0.05) is 30.1 Å². The van der Waals surface area contributed by atoms with Crippen molar-refractivity contribution in [3.63, 3.8) is 0 Å². The topological polar surface area (TPSA) is 123 Å². The third-order valence-corrected chi connectivity index (χ3v) is 4.12. The van der Waals surface area contributed by atoms with E-state index in [4.69, 9.17) is 4.74 Å². The molecule has 1 aromatic carbocycles. The number of aromatic nitrogens is 5. The standard InChI is InChI=1S/C19H19N5O4/c1-28-18(27)8-7-15-9-14(12-24(15)11-13-5-3-2-4-6-13)16(25)10-17(26)19-20-22-23-21-19/h2-6,9-10,12,25H,7-8,11H2,1H3,(H,20,21,22,23). The summed E-state index contributed by atoms with van der Waals surface area (Å²) in [5, 5.41) is 23.1. The maximum Gasteiger partial charge on any atom is 0.305 e. The van der Waals surface area contributed by atoms with E-state index >= 15 is 0 Å². The van der Waals surface area contributed by atoms with Crippen LogP contribution >= 0.6 is 0 Å². The predicted molar refractivity (Wildman–Crippen MR) is 99.4 cm³/mol. The first-order valence-corrected chi connectivity index (χ1v) is 8.55. The SMILES string of the molecule is COC(=O)CCc1cc(C(O)=CC(=O)c2nn[nH]n2)cn1Cc1ccccc1. The fourth-order valence-corrected chi connectivity index (χ4v) is 2.70. The van der Waals surface area contributed by atoms with E-state index in [1.54, 1.807) is 12.3 Å². The Kier molecular flexibility index (Phi) is 5.95. The van der Waals surface area contributed by atoms with Crippen molar-refractivity contribution in [2.24, 2.45) is 0 Å². The monoisotopic (exact) mass is 381 g/mol. The van der Waals surface area contributed by atoms with E-state index in [9.17, 15) is 14.7 Å². The molecule has 9 heteroatoms. The van der Waals surface area contributed by atoms with Crippen LogP contribution in [-0.4, -0.2) is 49.2 Å². The number of aliphatic hydroxyl groups excluding tert-OH is 1. The number of nitrogens with one attached hydrogen (secondary N) is 1. The molecule has 3 aromatic rings. The maximum absolute atomic E-state index is 12.0. The van der Waals surface area contributed by atoms with Gasteiger partial charge in [0.25, 0.3) is 0 Å². The van der Waals surface area contributed by atoms with Gasteiger partial charge in [0.15, 0.2) is 0 Å². The van der Waals surface area contributed by atoms with E-state index in [0.29, 0.717) is 18.5 Å². The summed E-state index contributed by atoms with van der Waals surface area (Å²) >= 11 is 0.